The Hall–Kier alpha value is -2.87. The number of carbonyl (C=O) groups excluding carboxylic acids is 1. The zero-order chi connectivity index (χ0) is 19.8. The summed E-state index contributed by atoms with van der Waals surface area (Å²) in [4.78, 5) is 24.4. The molecule has 1 aliphatic heterocycles. The molecule has 2 aromatic rings. The number of oxazole rings is 1. The average molecular weight is 384 g/mol. The maximum Gasteiger partial charge on any atom is 0.226 e. The van der Waals surface area contributed by atoms with Crippen LogP contribution in [0.4, 0.5) is 0 Å². The number of aliphatic imine (C=N–C) groups is 1. The lowest BCUT2D eigenvalue weighted by Crippen LogP contribution is -2.50. The number of carbonyl (C=O) groups is 1. The van der Waals surface area contributed by atoms with Gasteiger partial charge in [0.05, 0.1) is 12.2 Å². The molecule has 1 saturated heterocycles. The van der Waals surface area contributed by atoms with Gasteiger partial charge in [-0.05, 0) is 12.1 Å². The molecule has 0 spiro atoms. The number of piperazine rings is 1. The summed E-state index contributed by atoms with van der Waals surface area (Å²) in [7, 11) is 1.75. The molecular weight excluding hydrogens is 356 g/mol. The fraction of sp³-hybridized carbons (Fsp3) is 0.450. The highest BCUT2D eigenvalue weighted by Gasteiger charge is 2.18. The topological polar surface area (TPSA) is 86.0 Å². The Morgan fingerprint density at radius 2 is 1.93 bits per heavy atom. The second kappa shape index (κ2) is 9.89. The number of nitrogens with one attached hydrogen (secondary N) is 2. The van der Waals surface area contributed by atoms with E-state index < -0.39 is 0 Å². The fourth-order valence-corrected chi connectivity index (χ4v) is 3.12. The van der Waals surface area contributed by atoms with Crippen LogP contribution in [0.15, 0.2) is 46.0 Å². The highest BCUT2D eigenvalue weighted by molar-refractivity contribution is 5.79. The molecule has 0 radical (unpaired) electrons. The molecule has 3 rings (SSSR count). The first-order valence-electron chi connectivity index (χ1n) is 9.58. The molecule has 28 heavy (non-hydrogen) atoms. The number of rotatable bonds is 6. The molecule has 0 bridgehead atoms. The Labute approximate surface area is 165 Å². The molecule has 1 aromatic carbocycles. The van der Waals surface area contributed by atoms with Crippen LogP contribution in [-0.4, -0.2) is 73.0 Å². The zero-order valence-corrected chi connectivity index (χ0v) is 16.5. The molecule has 8 heteroatoms. The Balaban J connectivity index is 1.38. The van der Waals surface area contributed by atoms with Crippen molar-refractivity contribution in [2.24, 2.45) is 4.99 Å². The zero-order valence-electron chi connectivity index (χ0n) is 16.5. The Bertz CT molecular complexity index is 781. The van der Waals surface area contributed by atoms with Gasteiger partial charge in [0.2, 0.25) is 11.8 Å². The minimum Gasteiger partial charge on any atom is -0.444 e. The number of hydrogen-bond donors (Lipinski definition) is 2. The third-order valence-corrected chi connectivity index (χ3v) is 4.77. The maximum atomic E-state index is 11.4. The molecule has 150 valence electrons. The van der Waals surface area contributed by atoms with Gasteiger partial charge >= 0.3 is 0 Å². The lowest BCUT2D eigenvalue weighted by atomic mass is 10.2. The lowest BCUT2D eigenvalue weighted by Gasteiger charge is -2.34. The van der Waals surface area contributed by atoms with Gasteiger partial charge in [0.1, 0.15) is 6.26 Å². The van der Waals surface area contributed by atoms with Gasteiger partial charge in [0, 0.05) is 58.8 Å². The molecule has 0 atom stereocenters. The van der Waals surface area contributed by atoms with Crippen LogP contribution in [0, 0.1) is 0 Å². The van der Waals surface area contributed by atoms with Crippen LogP contribution in [0.25, 0.3) is 11.5 Å². The molecule has 1 aliphatic rings. The molecular formula is C20H28N6O2. The first-order valence-corrected chi connectivity index (χ1v) is 9.58. The number of guanidine groups is 1. The summed E-state index contributed by atoms with van der Waals surface area (Å²) < 4.78 is 5.56. The highest BCUT2D eigenvalue weighted by Crippen LogP contribution is 2.17. The van der Waals surface area contributed by atoms with Crippen LogP contribution in [0.1, 0.15) is 12.6 Å². The highest BCUT2D eigenvalue weighted by atomic mass is 16.3. The van der Waals surface area contributed by atoms with Gasteiger partial charge in [-0.15, -0.1) is 0 Å². The van der Waals surface area contributed by atoms with Crippen molar-refractivity contribution in [1.29, 1.82) is 0 Å². The molecule has 0 saturated carbocycles. The van der Waals surface area contributed by atoms with Gasteiger partial charge in [-0.2, -0.15) is 0 Å². The normalized spacial score (nSPS) is 15.5. The maximum absolute atomic E-state index is 11.4. The van der Waals surface area contributed by atoms with E-state index in [1.165, 1.54) is 0 Å². The van der Waals surface area contributed by atoms with Crippen LogP contribution in [0.2, 0.25) is 0 Å². The van der Waals surface area contributed by atoms with Gasteiger partial charge in [0.15, 0.2) is 5.96 Å². The summed E-state index contributed by atoms with van der Waals surface area (Å²) in [6.45, 7) is 7.29. The van der Waals surface area contributed by atoms with Crippen molar-refractivity contribution >= 4 is 11.9 Å². The van der Waals surface area contributed by atoms with Gasteiger partial charge in [0.25, 0.3) is 0 Å². The first kappa shape index (κ1) is 19.9. The summed E-state index contributed by atoms with van der Waals surface area (Å²) in [5.74, 6) is 1.50. The van der Waals surface area contributed by atoms with Crippen molar-refractivity contribution < 1.29 is 9.21 Å². The summed E-state index contributed by atoms with van der Waals surface area (Å²) in [5.41, 5.74) is 1.78. The van der Waals surface area contributed by atoms with Gasteiger partial charge in [-0.25, -0.2) is 4.98 Å². The SMILES string of the molecule is CN=C(NCCN1CCN(C(C)=O)CC1)NCc1coc(-c2ccccc2)n1. The predicted octanol–water partition coefficient (Wildman–Crippen LogP) is 1.17. The standard InChI is InChI=1S/C20H28N6O2/c1-16(27)26-12-10-25(11-13-26)9-8-22-20(21-2)23-14-18-15-28-19(24-18)17-6-4-3-5-7-17/h3-7,15H,8-14H2,1-2H3,(H2,21,22,23). The Morgan fingerprint density at radius 3 is 2.61 bits per heavy atom. The molecule has 2 heterocycles. The second-order valence-corrected chi connectivity index (χ2v) is 6.71. The van der Waals surface area contributed by atoms with Crippen molar-refractivity contribution in [1.82, 2.24) is 25.4 Å². The summed E-state index contributed by atoms with van der Waals surface area (Å²) in [6.07, 6.45) is 1.66. The molecule has 1 fully saturated rings. The van der Waals surface area contributed by atoms with E-state index in [0.717, 1.165) is 56.5 Å². The molecule has 2 N–H and O–H groups in total. The predicted molar refractivity (Wildman–Crippen MR) is 109 cm³/mol. The summed E-state index contributed by atoms with van der Waals surface area (Å²) in [6, 6.07) is 9.83. The largest absolute Gasteiger partial charge is 0.444 e. The Kier molecular flexibility index (Phi) is 7.02. The van der Waals surface area contributed by atoms with E-state index in [0.29, 0.717) is 12.4 Å². The van der Waals surface area contributed by atoms with Crippen molar-refractivity contribution in [2.75, 3.05) is 46.3 Å². The minimum absolute atomic E-state index is 0.158. The van der Waals surface area contributed by atoms with E-state index >= 15 is 0 Å². The molecule has 8 nitrogen and oxygen atoms in total. The lowest BCUT2D eigenvalue weighted by molar-refractivity contribution is -0.130. The van der Waals surface area contributed by atoms with E-state index in [-0.39, 0.29) is 5.91 Å². The number of nitrogens with zero attached hydrogens (tertiary/aromatic N) is 4. The summed E-state index contributed by atoms with van der Waals surface area (Å²) in [5, 5.41) is 6.57. The van der Waals surface area contributed by atoms with Gasteiger partial charge < -0.3 is 20.0 Å². The van der Waals surface area contributed by atoms with Crippen molar-refractivity contribution in [3.05, 3.63) is 42.3 Å². The van der Waals surface area contributed by atoms with Crippen LogP contribution in [0.3, 0.4) is 0 Å². The minimum atomic E-state index is 0.158. The average Bonchev–Trinajstić information content (AvgIpc) is 3.20. The fourth-order valence-electron chi connectivity index (χ4n) is 3.12. The van der Waals surface area contributed by atoms with E-state index in [4.69, 9.17) is 4.42 Å². The molecule has 1 amide bonds. The number of aromatic nitrogens is 1. The number of benzene rings is 1. The molecule has 1 aromatic heterocycles. The smallest absolute Gasteiger partial charge is 0.226 e. The summed E-state index contributed by atoms with van der Waals surface area (Å²) >= 11 is 0. The first-order chi connectivity index (χ1) is 13.7. The van der Waals surface area contributed by atoms with Crippen molar-refractivity contribution in [2.45, 2.75) is 13.5 Å². The van der Waals surface area contributed by atoms with Crippen LogP contribution in [0.5, 0.6) is 0 Å². The van der Waals surface area contributed by atoms with E-state index in [1.54, 1.807) is 20.2 Å². The van der Waals surface area contributed by atoms with Gasteiger partial charge in [-0.1, -0.05) is 18.2 Å². The van der Waals surface area contributed by atoms with Crippen molar-refractivity contribution in [3.8, 4) is 11.5 Å². The Morgan fingerprint density at radius 1 is 1.18 bits per heavy atom. The van der Waals surface area contributed by atoms with Crippen LogP contribution < -0.4 is 10.6 Å². The quantitative estimate of drug-likeness (QED) is 0.574. The number of hydrogen-bond acceptors (Lipinski definition) is 5. The number of amides is 1. The monoisotopic (exact) mass is 384 g/mol. The van der Waals surface area contributed by atoms with Gasteiger partial charge in [-0.3, -0.25) is 14.7 Å². The van der Waals surface area contributed by atoms with Crippen LogP contribution in [-0.2, 0) is 11.3 Å². The second-order valence-electron chi connectivity index (χ2n) is 6.71. The van der Waals surface area contributed by atoms with Crippen molar-refractivity contribution in [3.63, 3.8) is 0 Å². The third kappa shape index (κ3) is 5.56. The molecule has 0 unspecified atom stereocenters. The molecule has 0 aliphatic carbocycles. The van der Waals surface area contributed by atoms with E-state index in [9.17, 15) is 4.79 Å². The van der Waals surface area contributed by atoms with E-state index in [2.05, 4.69) is 25.5 Å². The van der Waals surface area contributed by atoms with E-state index in [1.807, 2.05) is 35.2 Å². The van der Waals surface area contributed by atoms with Crippen LogP contribution >= 0.6 is 0 Å². The third-order valence-electron chi connectivity index (χ3n) is 4.77.